The zero-order valence-electron chi connectivity index (χ0n) is 9.07. The summed E-state index contributed by atoms with van der Waals surface area (Å²) in [4.78, 5) is 0. The van der Waals surface area contributed by atoms with Crippen molar-refractivity contribution in [2.24, 2.45) is 0 Å². The average Bonchev–Trinajstić information content (AvgIpc) is 2.39. The molecule has 0 radical (unpaired) electrons. The quantitative estimate of drug-likeness (QED) is 0.771. The molecule has 86 valence electrons. The molecule has 3 rings (SSSR count). The number of ether oxygens (including phenoxy) is 3. The van der Waals surface area contributed by atoms with Gasteiger partial charge in [-0.25, -0.2) is 0 Å². The lowest BCUT2D eigenvalue weighted by Crippen LogP contribution is -2.34. The molecule has 0 unspecified atom stereocenters. The Kier molecular flexibility index (Phi) is 2.68. The van der Waals surface area contributed by atoms with Crippen LogP contribution in [-0.4, -0.2) is 33.0 Å². The minimum absolute atomic E-state index is 0.268. The van der Waals surface area contributed by atoms with Crippen molar-refractivity contribution in [3.05, 3.63) is 23.8 Å². The van der Waals surface area contributed by atoms with Crippen LogP contribution in [0.4, 0.5) is 0 Å². The number of rotatable bonds is 1. The fourth-order valence-electron chi connectivity index (χ4n) is 2.06. The fourth-order valence-corrected chi connectivity index (χ4v) is 2.06. The molecular weight excluding hydrogens is 206 g/mol. The third kappa shape index (κ3) is 1.86. The molecule has 4 nitrogen and oxygen atoms in total. The van der Waals surface area contributed by atoms with E-state index in [9.17, 15) is 0 Å². The van der Waals surface area contributed by atoms with Gasteiger partial charge in [0, 0.05) is 6.54 Å². The van der Waals surface area contributed by atoms with Gasteiger partial charge in [0.1, 0.15) is 13.2 Å². The molecular formula is C12H15NO3. The highest BCUT2D eigenvalue weighted by Gasteiger charge is 2.18. The smallest absolute Gasteiger partial charge is 0.161 e. The largest absolute Gasteiger partial charge is 0.486 e. The van der Waals surface area contributed by atoms with E-state index in [4.69, 9.17) is 14.2 Å². The number of nitrogens with one attached hydrogen (secondary N) is 1. The molecule has 0 amide bonds. The molecule has 2 heterocycles. The van der Waals surface area contributed by atoms with Crippen molar-refractivity contribution in [3.63, 3.8) is 0 Å². The van der Waals surface area contributed by atoms with Gasteiger partial charge in [-0.05, 0) is 17.7 Å². The average molecular weight is 221 g/mol. The molecule has 1 aromatic carbocycles. The summed E-state index contributed by atoms with van der Waals surface area (Å²) >= 11 is 0. The second-order valence-electron chi connectivity index (χ2n) is 3.98. The van der Waals surface area contributed by atoms with Crippen LogP contribution in [0.15, 0.2) is 18.2 Å². The first kappa shape index (κ1) is 9.93. The van der Waals surface area contributed by atoms with Crippen LogP contribution in [0, 0.1) is 0 Å². The van der Waals surface area contributed by atoms with E-state index in [-0.39, 0.29) is 6.04 Å². The van der Waals surface area contributed by atoms with E-state index in [1.807, 2.05) is 12.1 Å². The lowest BCUT2D eigenvalue weighted by molar-refractivity contribution is 0.0766. The first-order valence-electron chi connectivity index (χ1n) is 5.64. The van der Waals surface area contributed by atoms with Crippen molar-refractivity contribution in [2.45, 2.75) is 6.04 Å². The zero-order chi connectivity index (χ0) is 10.8. The molecule has 16 heavy (non-hydrogen) atoms. The molecule has 4 heteroatoms. The highest BCUT2D eigenvalue weighted by Crippen LogP contribution is 2.32. The molecule has 1 atom stereocenters. The normalized spacial score (nSPS) is 24.1. The predicted octanol–water partition coefficient (Wildman–Crippen LogP) is 1.12. The third-order valence-electron chi connectivity index (χ3n) is 2.89. The Hall–Kier alpha value is -1.26. The van der Waals surface area contributed by atoms with Crippen molar-refractivity contribution in [3.8, 4) is 11.5 Å². The molecule has 0 aromatic heterocycles. The van der Waals surface area contributed by atoms with E-state index < -0.39 is 0 Å². The standard InChI is InChI=1S/C12H15NO3/c1-2-11-12(16-6-5-15-11)7-9(1)10-8-14-4-3-13-10/h1-2,7,10,13H,3-6,8H2/t10-/m1/s1. The van der Waals surface area contributed by atoms with Gasteiger partial charge >= 0.3 is 0 Å². The van der Waals surface area contributed by atoms with E-state index in [0.717, 1.165) is 31.3 Å². The van der Waals surface area contributed by atoms with E-state index in [1.165, 1.54) is 5.56 Å². The van der Waals surface area contributed by atoms with Crippen molar-refractivity contribution in [1.82, 2.24) is 5.32 Å². The van der Waals surface area contributed by atoms with Gasteiger partial charge in [-0.3, -0.25) is 0 Å². The number of benzene rings is 1. The topological polar surface area (TPSA) is 39.7 Å². The SMILES string of the molecule is c1cc2c(cc1[C@H]1COCCN1)OCCO2. The van der Waals surface area contributed by atoms with E-state index in [0.29, 0.717) is 13.2 Å². The predicted molar refractivity (Wildman–Crippen MR) is 59.0 cm³/mol. The zero-order valence-corrected chi connectivity index (χ0v) is 9.07. The fraction of sp³-hybridized carbons (Fsp3) is 0.500. The summed E-state index contributed by atoms with van der Waals surface area (Å²) in [5.41, 5.74) is 1.20. The van der Waals surface area contributed by atoms with Crippen LogP contribution in [0.5, 0.6) is 11.5 Å². The Bertz CT molecular complexity index is 375. The van der Waals surface area contributed by atoms with Crippen LogP contribution < -0.4 is 14.8 Å². The van der Waals surface area contributed by atoms with Gasteiger partial charge in [-0.2, -0.15) is 0 Å². The number of fused-ring (bicyclic) bond motifs is 1. The molecule has 1 aromatic rings. The van der Waals surface area contributed by atoms with Gasteiger partial charge in [-0.15, -0.1) is 0 Å². The summed E-state index contributed by atoms with van der Waals surface area (Å²) in [7, 11) is 0. The van der Waals surface area contributed by atoms with Crippen molar-refractivity contribution in [1.29, 1.82) is 0 Å². The lowest BCUT2D eigenvalue weighted by atomic mass is 10.1. The molecule has 0 spiro atoms. The van der Waals surface area contributed by atoms with Gasteiger partial charge in [0.05, 0.1) is 19.3 Å². The molecule has 0 bridgehead atoms. The Labute approximate surface area is 94.5 Å². The summed E-state index contributed by atoms with van der Waals surface area (Å²) in [6.45, 7) is 3.68. The maximum Gasteiger partial charge on any atom is 0.161 e. The van der Waals surface area contributed by atoms with Crippen LogP contribution >= 0.6 is 0 Å². The highest BCUT2D eigenvalue weighted by molar-refractivity contribution is 5.44. The summed E-state index contributed by atoms with van der Waals surface area (Å²) in [6, 6.07) is 6.35. The minimum Gasteiger partial charge on any atom is -0.486 e. The second-order valence-corrected chi connectivity index (χ2v) is 3.98. The summed E-state index contributed by atoms with van der Waals surface area (Å²) in [6.07, 6.45) is 0. The minimum atomic E-state index is 0.268. The van der Waals surface area contributed by atoms with Crippen LogP contribution in [0.2, 0.25) is 0 Å². The molecule has 1 N–H and O–H groups in total. The molecule has 0 aliphatic carbocycles. The monoisotopic (exact) mass is 221 g/mol. The van der Waals surface area contributed by atoms with Gasteiger partial charge in [-0.1, -0.05) is 6.07 Å². The van der Waals surface area contributed by atoms with E-state index in [2.05, 4.69) is 11.4 Å². The number of morpholine rings is 1. The summed E-state index contributed by atoms with van der Waals surface area (Å²) in [5, 5.41) is 3.42. The van der Waals surface area contributed by atoms with Crippen LogP contribution in [0.3, 0.4) is 0 Å². The maximum absolute atomic E-state index is 5.56. The third-order valence-corrected chi connectivity index (χ3v) is 2.89. The van der Waals surface area contributed by atoms with Crippen LogP contribution in [-0.2, 0) is 4.74 Å². The van der Waals surface area contributed by atoms with Crippen LogP contribution in [0.25, 0.3) is 0 Å². The molecule has 2 aliphatic rings. The molecule has 1 fully saturated rings. The highest BCUT2D eigenvalue weighted by atomic mass is 16.6. The lowest BCUT2D eigenvalue weighted by Gasteiger charge is -2.26. The van der Waals surface area contributed by atoms with Gasteiger partial charge < -0.3 is 19.5 Å². The molecule has 0 saturated carbocycles. The molecule has 2 aliphatic heterocycles. The Morgan fingerprint density at radius 1 is 1.06 bits per heavy atom. The molecule has 1 saturated heterocycles. The van der Waals surface area contributed by atoms with Crippen molar-refractivity contribution < 1.29 is 14.2 Å². The maximum atomic E-state index is 5.56. The first-order chi connectivity index (χ1) is 7.93. The van der Waals surface area contributed by atoms with E-state index in [1.54, 1.807) is 0 Å². The summed E-state index contributed by atoms with van der Waals surface area (Å²) in [5.74, 6) is 1.68. The number of hydrogen-bond acceptors (Lipinski definition) is 4. The van der Waals surface area contributed by atoms with Crippen LogP contribution in [0.1, 0.15) is 11.6 Å². The van der Waals surface area contributed by atoms with Crippen molar-refractivity contribution in [2.75, 3.05) is 33.0 Å². The number of hydrogen-bond donors (Lipinski definition) is 1. The Balaban J connectivity index is 1.84. The second kappa shape index (κ2) is 4.31. The van der Waals surface area contributed by atoms with Crippen molar-refractivity contribution >= 4 is 0 Å². The first-order valence-corrected chi connectivity index (χ1v) is 5.64. The van der Waals surface area contributed by atoms with Gasteiger partial charge in [0.25, 0.3) is 0 Å². The van der Waals surface area contributed by atoms with Gasteiger partial charge in [0.2, 0.25) is 0 Å². The Morgan fingerprint density at radius 3 is 2.75 bits per heavy atom. The van der Waals surface area contributed by atoms with Gasteiger partial charge in [0.15, 0.2) is 11.5 Å². The van der Waals surface area contributed by atoms with E-state index >= 15 is 0 Å². The Morgan fingerprint density at radius 2 is 1.94 bits per heavy atom. The summed E-state index contributed by atoms with van der Waals surface area (Å²) < 4.78 is 16.5.